The number of nitrogens with zero attached hydrogens (tertiary/aromatic N) is 1. The van der Waals surface area contributed by atoms with Crippen LogP contribution in [0.15, 0.2) is 12.1 Å². The molecule has 0 fully saturated rings. The molecular weight excluding hydrogens is 240 g/mol. The zero-order valence-corrected chi connectivity index (χ0v) is 10.00. The lowest BCUT2D eigenvalue weighted by Crippen LogP contribution is -2.05. The van der Waals surface area contributed by atoms with Crippen molar-refractivity contribution in [2.75, 3.05) is 11.9 Å². The van der Waals surface area contributed by atoms with Gasteiger partial charge in [0.25, 0.3) is 0 Å². The Morgan fingerprint density at radius 1 is 1.53 bits per heavy atom. The van der Waals surface area contributed by atoms with E-state index in [1.54, 1.807) is 0 Å². The molecule has 0 bridgehead atoms. The molecule has 0 saturated heterocycles. The molecule has 2 N–H and O–H groups in total. The SMILES string of the molecule is C#CCCCCNc1cc(C(=O)O)cc(Cl)n1. The van der Waals surface area contributed by atoms with Crippen LogP contribution in [0, 0.1) is 12.3 Å². The number of carbonyl (C=O) groups is 1. The Morgan fingerprint density at radius 3 is 2.94 bits per heavy atom. The van der Waals surface area contributed by atoms with E-state index >= 15 is 0 Å². The van der Waals surface area contributed by atoms with Crippen LogP contribution in [-0.4, -0.2) is 22.6 Å². The number of aromatic carboxylic acids is 1. The molecule has 90 valence electrons. The molecule has 0 spiro atoms. The van der Waals surface area contributed by atoms with Crippen molar-refractivity contribution in [1.29, 1.82) is 0 Å². The lowest BCUT2D eigenvalue weighted by Gasteiger charge is -2.06. The number of pyridine rings is 1. The molecule has 0 radical (unpaired) electrons. The Labute approximate surface area is 105 Å². The molecule has 0 amide bonds. The highest BCUT2D eigenvalue weighted by Gasteiger charge is 2.06. The van der Waals surface area contributed by atoms with Gasteiger partial charge >= 0.3 is 5.97 Å². The average molecular weight is 253 g/mol. The van der Waals surface area contributed by atoms with Crippen LogP contribution >= 0.6 is 11.6 Å². The second-order valence-electron chi connectivity index (χ2n) is 3.46. The molecule has 0 saturated carbocycles. The maximum atomic E-state index is 10.8. The van der Waals surface area contributed by atoms with E-state index < -0.39 is 5.97 Å². The van der Waals surface area contributed by atoms with Crippen LogP contribution in [0.3, 0.4) is 0 Å². The van der Waals surface area contributed by atoms with Crippen LogP contribution in [0.2, 0.25) is 5.15 Å². The molecule has 17 heavy (non-hydrogen) atoms. The Morgan fingerprint density at radius 2 is 2.29 bits per heavy atom. The highest BCUT2D eigenvalue weighted by molar-refractivity contribution is 6.29. The summed E-state index contributed by atoms with van der Waals surface area (Å²) in [4.78, 5) is 14.8. The Hall–Kier alpha value is -1.73. The van der Waals surface area contributed by atoms with Crippen LogP contribution in [0.1, 0.15) is 29.6 Å². The van der Waals surface area contributed by atoms with Crippen molar-refractivity contribution in [3.63, 3.8) is 0 Å². The first kappa shape index (κ1) is 13.3. The highest BCUT2D eigenvalue weighted by Crippen LogP contribution is 2.14. The molecule has 0 aliphatic heterocycles. The molecule has 0 aliphatic carbocycles. The third-order valence-electron chi connectivity index (χ3n) is 2.10. The summed E-state index contributed by atoms with van der Waals surface area (Å²) in [6.45, 7) is 0.689. The van der Waals surface area contributed by atoms with E-state index in [9.17, 15) is 4.79 Å². The molecule has 1 aromatic rings. The number of terminal acetylenes is 1. The summed E-state index contributed by atoms with van der Waals surface area (Å²) >= 11 is 5.72. The van der Waals surface area contributed by atoms with Crippen LogP contribution < -0.4 is 5.32 Å². The minimum Gasteiger partial charge on any atom is -0.478 e. The monoisotopic (exact) mass is 252 g/mol. The minimum absolute atomic E-state index is 0.121. The Balaban J connectivity index is 2.53. The van der Waals surface area contributed by atoms with Gasteiger partial charge in [-0.3, -0.25) is 0 Å². The van der Waals surface area contributed by atoms with Gasteiger partial charge in [0.2, 0.25) is 0 Å². The van der Waals surface area contributed by atoms with E-state index in [0.29, 0.717) is 12.4 Å². The van der Waals surface area contributed by atoms with Crippen molar-refractivity contribution in [2.24, 2.45) is 0 Å². The quantitative estimate of drug-likeness (QED) is 0.464. The van der Waals surface area contributed by atoms with Crippen molar-refractivity contribution in [2.45, 2.75) is 19.3 Å². The number of hydrogen-bond donors (Lipinski definition) is 2. The molecule has 0 atom stereocenters. The van der Waals surface area contributed by atoms with Gasteiger partial charge in [0.1, 0.15) is 11.0 Å². The van der Waals surface area contributed by atoms with Gasteiger partial charge in [0.15, 0.2) is 0 Å². The van der Waals surface area contributed by atoms with Crippen molar-refractivity contribution < 1.29 is 9.90 Å². The highest BCUT2D eigenvalue weighted by atomic mass is 35.5. The van der Waals surface area contributed by atoms with Crippen LogP contribution in [0.4, 0.5) is 5.82 Å². The standard InChI is InChI=1S/C12H13ClN2O2/c1-2-3-4-5-6-14-11-8-9(12(16)17)7-10(13)15-11/h1,7-8H,3-6H2,(H,14,15)(H,16,17). The normalized spacial score (nSPS) is 9.65. The lowest BCUT2D eigenvalue weighted by atomic mass is 10.2. The summed E-state index contributed by atoms with van der Waals surface area (Å²) < 4.78 is 0. The van der Waals surface area contributed by atoms with E-state index in [4.69, 9.17) is 23.1 Å². The number of halogens is 1. The first-order valence-electron chi connectivity index (χ1n) is 5.21. The number of carboxylic acid groups (broad SMARTS) is 1. The van der Waals surface area contributed by atoms with Gasteiger partial charge in [-0.1, -0.05) is 11.6 Å². The molecule has 4 nitrogen and oxygen atoms in total. The van der Waals surface area contributed by atoms with E-state index in [0.717, 1.165) is 19.3 Å². The van der Waals surface area contributed by atoms with Gasteiger partial charge in [-0.05, 0) is 25.0 Å². The second-order valence-corrected chi connectivity index (χ2v) is 3.84. The number of anilines is 1. The Bertz CT molecular complexity index is 441. The second kappa shape index (κ2) is 6.77. The van der Waals surface area contributed by atoms with Crippen LogP contribution in [-0.2, 0) is 0 Å². The topological polar surface area (TPSA) is 62.2 Å². The molecule has 1 rings (SSSR count). The number of hydrogen-bond acceptors (Lipinski definition) is 3. The summed E-state index contributed by atoms with van der Waals surface area (Å²) in [5.41, 5.74) is 0.121. The third-order valence-corrected chi connectivity index (χ3v) is 2.29. The third kappa shape index (κ3) is 4.75. The summed E-state index contributed by atoms with van der Waals surface area (Å²) in [5.74, 6) is 2.00. The molecular formula is C12H13ClN2O2. The van der Waals surface area contributed by atoms with Gasteiger partial charge < -0.3 is 10.4 Å². The summed E-state index contributed by atoms with van der Waals surface area (Å²) in [7, 11) is 0. The van der Waals surface area contributed by atoms with Gasteiger partial charge in [0.05, 0.1) is 5.56 Å². The maximum Gasteiger partial charge on any atom is 0.335 e. The van der Waals surface area contributed by atoms with Crippen LogP contribution in [0.5, 0.6) is 0 Å². The smallest absolute Gasteiger partial charge is 0.335 e. The minimum atomic E-state index is -1.02. The largest absolute Gasteiger partial charge is 0.478 e. The maximum absolute atomic E-state index is 10.8. The van der Waals surface area contributed by atoms with Crippen molar-refractivity contribution in [3.8, 4) is 12.3 Å². The number of carboxylic acids is 1. The number of aromatic nitrogens is 1. The van der Waals surface area contributed by atoms with Gasteiger partial charge in [0, 0.05) is 13.0 Å². The summed E-state index contributed by atoms with van der Waals surface area (Å²) in [6, 6.07) is 2.77. The molecule has 1 heterocycles. The molecule has 1 aromatic heterocycles. The van der Waals surface area contributed by atoms with Gasteiger partial charge in [-0.2, -0.15) is 0 Å². The predicted molar refractivity (Wildman–Crippen MR) is 67.4 cm³/mol. The number of unbranched alkanes of at least 4 members (excludes halogenated alkanes) is 2. The Kier molecular flexibility index (Phi) is 5.31. The van der Waals surface area contributed by atoms with Crippen molar-refractivity contribution >= 4 is 23.4 Å². The van der Waals surface area contributed by atoms with Crippen molar-refractivity contribution in [3.05, 3.63) is 22.8 Å². The fraction of sp³-hybridized carbons (Fsp3) is 0.333. The van der Waals surface area contributed by atoms with E-state index in [1.165, 1.54) is 12.1 Å². The lowest BCUT2D eigenvalue weighted by molar-refractivity contribution is 0.0697. The zero-order chi connectivity index (χ0) is 12.7. The van der Waals surface area contributed by atoms with Crippen LogP contribution in [0.25, 0.3) is 0 Å². The first-order valence-corrected chi connectivity index (χ1v) is 5.59. The van der Waals surface area contributed by atoms with Gasteiger partial charge in [-0.25, -0.2) is 9.78 Å². The summed E-state index contributed by atoms with van der Waals surface area (Å²) in [6.07, 6.45) is 7.70. The zero-order valence-electron chi connectivity index (χ0n) is 9.24. The average Bonchev–Trinajstić information content (AvgIpc) is 2.28. The predicted octanol–water partition coefficient (Wildman–Crippen LogP) is 2.65. The van der Waals surface area contributed by atoms with E-state index in [-0.39, 0.29) is 10.7 Å². The molecule has 5 heteroatoms. The fourth-order valence-corrected chi connectivity index (χ4v) is 1.49. The first-order chi connectivity index (χ1) is 8.13. The van der Waals surface area contributed by atoms with Crippen molar-refractivity contribution in [1.82, 2.24) is 4.98 Å². The van der Waals surface area contributed by atoms with E-state index in [2.05, 4.69) is 16.2 Å². The molecule has 0 aromatic carbocycles. The van der Waals surface area contributed by atoms with Gasteiger partial charge in [-0.15, -0.1) is 12.3 Å². The molecule has 0 aliphatic rings. The number of rotatable bonds is 6. The number of nitrogens with one attached hydrogen (secondary N) is 1. The van der Waals surface area contributed by atoms with E-state index in [1.807, 2.05) is 0 Å². The molecule has 0 unspecified atom stereocenters. The fourth-order valence-electron chi connectivity index (χ4n) is 1.28. The summed E-state index contributed by atoms with van der Waals surface area (Å²) in [5, 5.41) is 12.0.